The molecule has 1 heterocycles. The fourth-order valence-electron chi connectivity index (χ4n) is 4.08. The number of hydrogen-bond acceptors (Lipinski definition) is 5. The summed E-state index contributed by atoms with van der Waals surface area (Å²) in [5, 5.41) is 6.75. The van der Waals surface area contributed by atoms with E-state index in [4.69, 9.17) is 4.98 Å². The highest BCUT2D eigenvalue weighted by molar-refractivity contribution is 7.99. The largest absolute Gasteiger partial charge is 0.349 e. The molecular formula is C28H26N4O3S. The molecule has 1 aromatic heterocycles. The molecule has 0 aliphatic heterocycles. The van der Waals surface area contributed by atoms with Crippen molar-refractivity contribution in [3.05, 3.63) is 93.8 Å². The topological polar surface area (TPSA) is 93.1 Å². The molecule has 2 amide bonds. The molecular weight excluding hydrogens is 472 g/mol. The first-order valence-electron chi connectivity index (χ1n) is 11.8. The van der Waals surface area contributed by atoms with Crippen LogP contribution in [0.4, 0.5) is 5.69 Å². The fraction of sp³-hybridized carbons (Fsp3) is 0.214. The lowest BCUT2D eigenvalue weighted by Gasteiger charge is -2.16. The summed E-state index contributed by atoms with van der Waals surface area (Å²) in [7, 11) is 0. The zero-order valence-corrected chi connectivity index (χ0v) is 20.9. The van der Waals surface area contributed by atoms with Gasteiger partial charge in [-0.05, 0) is 62.6 Å². The second-order valence-electron chi connectivity index (χ2n) is 8.97. The summed E-state index contributed by atoms with van der Waals surface area (Å²) in [6.07, 6.45) is 1.97. The summed E-state index contributed by atoms with van der Waals surface area (Å²) in [4.78, 5) is 43.7. The van der Waals surface area contributed by atoms with Gasteiger partial charge in [-0.2, -0.15) is 0 Å². The van der Waals surface area contributed by atoms with Gasteiger partial charge in [0.15, 0.2) is 5.16 Å². The minimum absolute atomic E-state index is 0.0221. The highest BCUT2D eigenvalue weighted by Crippen LogP contribution is 2.25. The van der Waals surface area contributed by atoms with Gasteiger partial charge < -0.3 is 10.6 Å². The van der Waals surface area contributed by atoms with Crippen molar-refractivity contribution in [1.82, 2.24) is 14.9 Å². The number of hydrogen-bond donors (Lipinski definition) is 2. The summed E-state index contributed by atoms with van der Waals surface area (Å²) >= 11 is 1.19. The molecule has 4 aromatic rings. The van der Waals surface area contributed by atoms with Crippen molar-refractivity contribution in [2.75, 3.05) is 11.1 Å². The molecule has 1 saturated carbocycles. The Labute approximate surface area is 212 Å². The molecule has 182 valence electrons. The highest BCUT2D eigenvalue weighted by Gasteiger charge is 2.25. The minimum Gasteiger partial charge on any atom is -0.349 e. The van der Waals surface area contributed by atoms with Crippen molar-refractivity contribution < 1.29 is 9.59 Å². The molecule has 0 atom stereocenters. The van der Waals surface area contributed by atoms with Gasteiger partial charge in [0.2, 0.25) is 5.91 Å². The Morgan fingerprint density at radius 1 is 1.03 bits per heavy atom. The van der Waals surface area contributed by atoms with Crippen LogP contribution in [0.25, 0.3) is 16.6 Å². The number of para-hydroxylation sites is 2. The Balaban J connectivity index is 1.42. The molecule has 1 fully saturated rings. The van der Waals surface area contributed by atoms with E-state index in [9.17, 15) is 14.4 Å². The van der Waals surface area contributed by atoms with Crippen molar-refractivity contribution in [2.45, 2.75) is 37.9 Å². The first kappa shape index (κ1) is 23.8. The molecule has 1 aliphatic rings. The maximum atomic E-state index is 13.5. The molecule has 7 nitrogen and oxygen atoms in total. The zero-order valence-electron chi connectivity index (χ0n) is 20.1. The Morgan fingerprint density at radius 3 is 2.56 bits per heavy atom. The molecule has 0 saturated heterocycles. The fourth-order valence-corrected chi connectivity index (χ4v) is 4.88. The molecule has 0 radical (unpaired) electrons. The molecule has 0 unspecified atom stereocenters. The lowest BCUT2D eigenvalue weighted by Crippen LogP contribution is -2.27. The molecule has 3 aromatic carbocycles. The van der Waals surface area contributed by atoms with Crippen LogP contribution in [-0.4, -0.2) is 33.2 Å². The number of nitrogens with zero attached hydrogens (tertiary/aromatic N) is 2. The predicted molar refractivity (Wildman–Crippen MR) is 143 cm³/mol. The third-order valence-corrected chi connectivity index (χ3v) is 6.97. The van der Waals surface area contributed by atoms with E-state index >= 15 is 0 Å². The van der Waals surface area contributed by atoms with Crippen molar-refractivity contribution >= 4 is 40.2 Å². The van der Waals surface area contributed by atoms with Crippen LogP contribution >= 0.6 is 11.8 Å². The SMILES string of the molecule is Cc1ccc(-n2c(SCC(=O)Nc3ccccc3C(=O)NC3CC3)nc3ccccc3c2=O)c(C)c1. The number of thioether (sulfide) groups is 1. The molecule has 0 spiro atoms. The quantitative estimate of drug-likeness (QED) is 0.286. The highest BCUT2D eigenvalue weighted by atomic mass is 32.2. The Hall–Kier alpha value is -3.91. The summed E-state index contributed by atoms with van der Waals surface area (Å²) in [5.41, 5.74) is 4.05. The smallest absolute Gasteiger partial charge is 0.266 e. The van der Waals surface area contributed by atoms with Gasteiger partial charge >= 0.3 is 0 Å². The maximum absolute atomic E-state index is 13.5. The second kappa shape index (κ2) is 9.99. The van der Waals surface area contributed by atoms with E-state index in [1.165, 1.54) is 11.8 Å². The van der Waals surface area contributed by atoms with Crippen LogP contribution in [0.1, 0.15) is 34.3 Å². The van der Waals surface area contributed by atoms with Crippen molar-refractivity contribution in [2.24, 2.45) is 0 Å². The second-order valence-corrected chi connectivity index (χ2v) is 9.91. The predicted octanol–water partition coefficient (Wildman–Crippen LogP) is 4.63. The Morgan fingerprint density at radius 2 is 1.78 bits per heavy atom. The zero-order chi connectivity index (χ0) is 25.2. The van der Waals surface area contributed by atoms with Crippen LogP contribution in [0, 0.1) is 13.8 Å². The van der Waals surface area contributed by atoms with Crippen LogP contribution in [0.2, 0.25) is 0 Å². The summed E-state index contributed by atoms with van der Waals surface area (Å²) < 4.78 is 1.58. The van der Waals surface area contributed by atoms with E-state index in [0.717, 1.165) is 29.7 Å². The van der Waals surface area contributed by atoms with Crippen molar-refractivity contribution in [3.8, 4) is 5.69 Å². The Kier molecular flexibility index (Phi) is 6.61. The average molecular weight is 499 g/mol. The summed E-state index contributed by atoms with van der Waals surface area (Å²) in [6.45, 7) is 3.95. The van der Waals surface area contributed by atoms with Gasteiger partial charge in [-0.25, -0.2) is 4.98 Å². The van der Waals surface area contributed by atoms with E-state index in [-0.39, 0.29) is 29.2 Å². The first-order valence-corrected chi connectivity index (χ1v) is 12.8. The lowest BCUT2D eigenvalue weighted by atomic mass is 10.1. The Bertz CT molecular complexity index is 1540. The van der Waals surface area contributed by atoms with E-state index in [0.29, 0.717) is 27.3 Å². The van der Waals surface area contributed by atoms with E-state index in [1.807, 2.05) is 44.2 Å². The van der Waals surface area contributed by atoms with Crippen molar-refractivity contribution in [1.29, 1.82) is 0 Å². The van der Waals surface area contributed by atoms with Gasteiger partial charge in [0.1, 0.15) is 0 Å². The van der Waals surface area contributed by atoms with Crippen LogP contribution in [-0.2, 0) is 4.79 Å². The summed E-state index contributed by atoms with van der Waals surface area (Å²) in [6, 6.07) is 20.3. The van der Waals surface area contributed by atoms with Gasteiger partial charge in [0.25, 0.3) is 11.5 Å². The number of nitrogens with one attached hydrogen (secondary N) is 2. The monoisotopic (exact) mass is 498 g/mol. The third kappa shape index (κ3) is 5.04. The summed E-state index contributed by atoms with van der Waals surface area (Å²) in [5.74, 6) is -0.462. The number of benzene rings is 3. The van der Waals surface area contributed by atoms with Crippen LogP contribution < -0.4 is 16.2 Å². The van der Waals surface area contributed by atoms with Gasteiger partial charge in [-0.3, -0.25) is 19.0 Å². The minimum atomic E-state index is -0.291. The molecule has 1 aliphatic carbocycles. The van der Waals surface area contributed by atoms with Gasteiger partial charge in [0, 0.05) is 6.04 Å². The first-order chi connectivity index (χ1) is 17.4. The number of carbonyl (C=O) groups is 2. The lowest BCUT2D eigenvalue weighted by molar-refractivity contribution is -0.113. The third-order valence-electron chi connectivity index (χ3n) is 6.03. The van der Waals surface area contributed by atoms with Gasteiger partial charge in [-0.1, -0.05) is 53.7 Å². The number of carbonyl (C=O) groups excluding carboxylic acids is 2. The number of aromatic nitrogens is 2. The van der Waals surface area contributed by atoms with Crippen LogP contribution in [0.5, 0.6) is 0 Å². The molecule has 5 rings (SSSR count). The maximum Gasteiger partial charge on any atom is 0.266 e. The van der Waals surface area contributed by atoms with Crippen LogP contribution in [0.3, 0.4) is 0 Å². The average Bonchev–Trinajstić information content (AvgIpc) is 3.68. The van der Waals surface area contributed by atoms with Crippen LogP contribution in [0.15, 0.2) is 76.7 Å². The van der Waals surface area contributed by atoms with E-state index < -0.39 is 0 Å². The normalized spacial score (nSPS) is 12.9. The van der Waals surface area contributed by atoms with Crippen molar-refractivity contribution in [3.63, 3.8) is 0 Å². The van der Waals surface area contributed by atoms with Gasteiger partial charge in [0.05, 0.1) is 33.6 Å². The number of amides is 2. The number of fused-ring (bicyclic) bond motifs is 1. The number of anilines is 1. The number of rotatable bonds is 7. The molecule has 36 heavy (non-hydrogen) atoms. The molecule has 2 N–H and O–H groups in total. The molecule has 8 heteroatoms. The number of aryl methyl sites for hydroxylation is 2. The van der Waals surface area contributed by atoms with E-state index in [2.05, 4.69) is 10.6 Å². The standard InChI is InChI=1S/C28H26N4O3S/c1-17-11-14-24(18(2)15-17)32-27(35)21-8-4-6-10-23(21)31-28(32)36-16-25(33)30-22-9-5-3-7-20(22)26(34)29-19-12-13-19/h3-11,14-15,19H,12-13,16H2,1-2H3,(H,29,34)(H,30,33). The van der Waals surface area contributed by atoms with Gasteiger partial charge in [-0.15, -0.1) is 0 Å². The van der Waals surface area contributed by atoms with E-state index in [1.54, 1.807) is 41.0 Å². The molecule has 0 bridgehead atoms.